The third-order valence-corrected chi connectivity index (χ3v) is 6.89. The largest absolute Gasteiger partial charge is 0.492 e. The third kappa shape index (κ3) is 8.30. The molecule has 0 N–H and O–H groups in total. The number of morpholine rings is 1. The highest BCUT2D eigenvalue weighted by Crippen LogP contribution is 2.24. The van der Waals surface area contributed by atoms with Crippen molar-refractivity contribution in [2.75, 3.05) is 46.0 Å². The van der Waals surface area contributed by atoms with Crippen molar-refractivity contribution in [3.8, 4) is 5.75 Å². The standard InChI is InChI=1S/C33H41N3O6/c1-24(2)35(23-30(37)25-9-8-10-27(21-25)41-20-17-34-15-18-40-19-16-34)31(38)14-13-26-22-36(32(39)42-33(3,4)5)29-12-7-6-11-28(26)29/h6-14,21-22,24H,15-20,23H2,1-5H3/b14-13+. The molecule has 42 heavy (non-hydrogen) atoms. The van der Waals surface area contributed by atoms with Crippen LogP contribution in [0.4, 0.5) is 4.79 Å². The molecule has 3 aromatic rings. The first-order valence-corrected chi connectivity index (χ1v) is 14.4. The van der Waals surface area contributed by atoms with E-state index in [4.69, 9.17) is 14.2 Å². The summed E-state index contributed by atoms with van der Waals surface area (Å²) in [5.74, 6) is 0.147. The van der Waals surface area contributed by atoms with Crippen molar-refractivity contribution in [3.63, 3.8) is 0 Å². The Bertz CT molecular complexity index is 1430. The molecule has 4 rings (SSSR count). The number of hydrogen-bond donors (Lipinski definition) is 0. The minimum Gasteiger partial charge on any atom is -0.492 e. The van der Waals surface area contributed by atoms with Crippen molar-refractivity contribution < 1.29 is 28.6 Å². The lowest BCUT2D eigenvalue weighted by atomic mass is 10.1. The normalized spacial score (nSPS) is 14.4. The Hall–Kier alpha value is -3.95. The highest BCUT2D eigenvalue weighted by molar-refractivity contribution is 6.03. The molecule has 0 spiro atoms. The van der Waals surface area contributed by atoms with Crippen LogP contribution in [0, 0.1) is 0 Å². The molecule has 1 aromatic heterocycles. The number of ketones is 1. The van der Waals surface area contributed by atoms with Crippen molar-refractivity contribution >= 4 is 34.8 Å². The van der Waals surface area contributed by atoms with Crippen molar-refractivity contribution in [3.05, 3.63) is 71.9 Å². The average molecular weight is 576 g/mol. The number of rotatable bonds is 10. The van der Waals surface area contributed by atoms with Crippen LogP contribution in [-0.2, 0) is 14.3 Å². The second kappa shape index (κ2) is 13.8. The molecule has 1 fully saturated rings. The van der Waals surface area contributed by atoms with Gasteiger partial charge in [0, 0.05) is 54.5 Å². The van der Waals surface area contributed by atoms with Gasteiger partial charge in [-0.25, -0.2) is 4.79 Å². The summed E-state index contributed by atoms with van der Waals surface area (Å²) >= 11 is 0. The van der Waals surface area contributed by atoms with E-state index < -0.39 is 11.7 Å². The van der Waals surface area contributed by atoms with Crippen LogP contribution in [0.1, 0.15) is 50.5 Å². The van der Waals surface area contributed by atoms with Gasteiger partial charge < -0.3 is 19.1 Å². The minimum atomic E-state index is -0.646. The maximum absolute atomic E-state index is 13.3. The number of nitrogens with zero attached hydrogens (tertiary/aromatic N) is 3. The Morgan fingerprint density at radius 1 is 1.05 bits per heavy atom. The Morgan fingerprint density at radius 3 is 2.50 bits per heavy atom. The number of Topliss-reactive ketones (excluding diaryl/α,β-unsaturated/α-hetero) is 1. The van der Waals surface area contributed by atoms with Crippen LogP contribution in [0.3, 0.4) is 0 Å². The molecule has 9 heteroatoms. The number of benzene rings is 2. The lowest BCUT2D eigenvalue weighted by Crippen LogP contribution is -2.39. The number of amides is 1. The van der Waals surface area contributed by atoms with E-state index in [2.05, 4.69) is 4.90 Å². The van der Waals surface area contributed by atoms with E-state index in [1.165, 1.54) is 15.5 Å². The summed E-state index contributed by atoms with van der Waals surface area (Å²) in [5.41, 5.74) is 1.22. The Kier molecular flexibility index (Phi) is 10.2. The average Bonchev–Trinajstić information content (AvgIpc) is 3.33. The van der Waals surface area contributed by atoms with Crippen LogP contribution in [0.15, 0.2) is 60.8 Å². The van der Waals surface area contributed by atoms with Gasteiger partial charge in [-0.15, -0.1) is 0 Å². The van der Waals surface area contributed by atoms with E-state index in [1.807, 2.05) is 65.0 Å². The van der Waals surface area contributed by atoms with Crippen LogP contribution in [0.2, 0.25) is 0 Å². The Morgan fingerprint density at radius 2 is 1.79 bits per heavy atom. The molecule has 224 valence electrons. The summed E-state index contributed by atoms with van der Waals surface area (Å²) in [6.45, 7) is 13.7. The number of carbonyl (C=O) groups is 3. The molecular weight excluding hydrogens is 534 g/mol. The van der Waals surface area contributed by atoms with Gasteiger partial charge in [0.15, 0.2) is 5.78 Å². The molecule has 0 bridgehead atoms. The highest BCUT2D eigenvalue weighted by atomic mass is 16.6. The first kappa shape index (κ1) is 31.0. The van der Waals surface area contributed by atoms with Gasteiger partial charge in [-0.1, -0.05) is 30.3 Å². The van der Waals surface area contributed by atoms with Gasteiger partial charge in [-0.2, -0.15) is 0 Å². The Balaban J connectivity index is 1.43. The fourth-order valence-electron chi connectivity index (χ4n) is 4.70. The van der Waals surface area contributed by atoms with Gasteiger partial charge in [0.25, 0.3) is 0 Å². The molecule has 2 aromatic carbocycles. The molecule has 0 atom stereocenters. The predicted molar refractivity (Wildman–Crippen MR) is 163 cm³/mol. The zero-order valence-electron chi connectivity index (χ0n) is 25.2. The summed E-state index contributed by atoms with van der Waals surface area (Å²) in [6.07, 6.45) is 4.29. The van der Waals surface area contributed by atoms with Gasteiger partial charge in [0.05, 0.1) is 25.3 Å². The maximum atomic E-state index is 13.3. The van der Waals surface area contributed by atoms with Crippen molar-refractivity contribution in [1.82, 2.24) is 14.4 Å². The Labute approximate surface area is 247 Å². The van der Waals surface area contributed by atoms with Crippen LogP contribution >= 0.6 is 0 Å². The van der Waals surface area contributed by atoms with Crippen LogP contribution in [0.25, 0.3) is 17.0 Å². The number of para-hydroxylation sites is 1. The van der Waals surface area contributed by atoms with E-state index >= 15 is 0 Å². The molecule has 2 heterocycles. The third-order valence-electron chi connectivity index (χ3n) is 6.89. The zero-order chi connectivity index (χ0) is 30.3. The predicted octanol–water partition coefficient (Wildman–Crippen LogP) is 5.27. The highest BCUT2D eigenvalue weighted by Gasteiger charge is 2.22. The second-order valence-electron chi connectivity index (χ2n) is 11.6. The van der Waals surface area contributed by atoms with Crippen molar-refractivity contribution in [1.29, 1.82) is 0 Å². The first-order chi connectivity index (χ1) is 20.0. The molecule has 1 amide bonds. The lowest BCUT2D eigenvalue weighted by molar-refractivity contribution is -0.127. The summed E-state index contributed by atoms with van der Waals surface area (Å²) in [6, 6.07) is 14.3. The van der Waals surface area contributed by atoms with Gasteiger partial charge in [0.2, 0.25) is 5.91 Å². The molecule has 1 aliphatic rings. The molecule has 1 aliphatic heterocycles. The number of fused-ring (bicyclic) bond motifs is 1. The lowest BCUT2D eigenvalue weighted by Gasteiger charge is -2.26. The van der Waals surface area contributed by atoms with Gasteiger partial charge in [-0.3, -0.25) is 19.1 Å². The zero-order valence-corrected chi connectivity index (χ0v) is 25.2. The van der Waals surface area contributed by atoms with Crippen LogP contribution in [0.5, 0.6) is 5.75 Å². The van der Waals surface area contributed by atoms with E-state index in [0.717, 1.165) is 38.2 Å². The summed E-state index contributed by atoms with van der Waals surface area (Å²) in [5, 5.41) is 0.810. The maximum Gasteiger partial charge on any atom is 0.419 e. The van der Waals surface area contributed by atoms with E-state index in [1.54, 1.807) is 30.5 Å². The van der Waals surface area contributed by atoms with Crippen LogP contribution in [-0.4, -0.2) is 89.8 Å². The van der Waals surface area contributed by atoms with Crippen molar-refractivity contribution in [2.24, 2.45) is 0 Å². The molecule has 9 nitrogen and oxygen atoms in total. The van der Waals surface area contributed by atoms with Crippen molar-refractivity contribution in [2.45, 2.75) is 46.3 Å². The number of hydrogen-bond acceptors (Lipinski definition) is 7. The molecule has 0 aliphatic carbocycles. The molecule has 1 saturated heterocycles. The summed E-state index contributed by atoms with van der Waals surface area (Å²) < 4.78 is 18.3. The van der Waals surface area contributed by atoms with E-state index in [0.29, 0.717) is 29.0 Å². The summed E-state index contributed by atoms with van der Waals surface area (Å²) in [7, 11) is 0. The van der Waals surface area contributed by atoms with E-state index in [9.17, 15) is 14.4 Å². The number of ether oxygens (including phenoxy) is 3. The number of aromatic nitrogens is 1. The fourth-order valence-corrected chi connectivity index (χ4v) is 4.70. The molecule has 0 radical (unpaired) electrons. The number of carbonyl (C=O) groups excluding carboxylic acids is 3. The molecule has 0 unspecified atom stereocenters. The van der Waals surface area contributed by atoms with Gasteiger partial charge in [-0.05, 0) is 58.9 Å². The fraction of sp³-hybridized carbons (Fsp3) is 0.424. The minimum absolute atomic E-state index is 0.0717. The molecular formula is C33H41N3O6. The monoisotopic (exact) mass is 575 g/mol. The van der Waals surface area contributed by atoms with Crippen LogP contribution < -0.4 is 4.74 Å². The molecule has 0 saturated carbocycles. The SMILES string of the molecule is CC(C)N(CC(=O)c1cccc(OCCN2CCOCC2)c1)C(=O)/C=C/c1cn(C(=O)OC(C)(C)C)c2ccccc12. The first-order valence-electron chi connectivity index (χ1n) is 14.4. The van der Waals surface area contributed by atoms with E-state index in [-0.39, 0.29) is 24.3 Å². The topological polar surface area (TPSA) is 90.3 Å². The summed E-state index contributed by atoms with van der Waals surface area (Å²) in [4.78, 5) is 43.2. The quantitative estimate of drug-likeness (QED) is 0.240. The second-order valence-corrected chi connectivity index (χ2v) is 11.6. The smallest absolute Gasteiger partial charge is 0.419 e. The van der Waals surface area contributed by atoms with Gasteiger partial charge in [0.1, 0.15) is 18.0 Å². The van der Waals surface area contributed by atoms with Gasteiger partial charge >= 0.3 is 6.09 Å².